The molecular formula is C65H73BrCl4N20O15. The van der Waals surface area contributed by atoms with E-state index in [2.05, 4.69) is 73.7 Å². The first-order valence-corrected chi connectivity index (χ1v) is 36.9. The highest BCUT2D eigenvalue weighted by Gasteiger charge is 2.69. The lowest BCUT2D eigenvalue weighted by Crippen LogP contribution is -2.56. The van der Waals surface area contributed by atoms with Gasteiger partial charge in [-0.1, -0.05) is 46.4 Å². The highest BCUT2D eigenvalue weighted by molar-refractivity contribution is 9.10. The molecule has 15 N–H and O–H groups in total. The number of halogens is 5. The van der Waals surface area contributed by atoms with E-state index < -0.39 is 64.9 Å². The maximum atomic E-state index is 12.4. The summed E-state index contributed by atoms with van der Waals surface area (Å²) < 4.78 is 9.94. The van der Waals surface area contributed by atoms with Crippen molar-refractivity contribution in [3.8, 4) is 0 Å². The zero-order chi connectivity index (χ0) is 74.4. The highest BCUT2D eigenvalue weighted by Crippen LogP contribution is 2.54. The highest BCUT2D eigenvalue weighted by atomic mass is 79.9. The fraction of sp³-hybridized carbons (Fsp3) is 0.538. The lowest BCUT2D eigenvalue weighted by molar-refractivity contribution is -0.0660. The van der Waals surface area contributed by atoms with Crippen molar-refractivity contribution in [3.63, 3.8) is 0 Å². The van der Waals surface area contributed by atoms with Crippen molar-refractivity contribution >= 4 is 122 Å². The van der Waals surface area contributed by atoms with Gasteiger partial charge in [0, 0.05) is 72.0 Å². The van der Waals surface area contributed by atoms with Crippen molar-refractivity contribution in [1.29, 1.82) is 0 Å². The topological polar surface area (TPSA) is 433 Å². The normalized spacial score (nSPS) is 37.6. The van der Waals surface area contributed by atoms with E-state index >= 15 is 0 Å². The van der Waals surface area contributed by atoms with Crippen LogP contribution >= 0.6 is 62.3 Å². The summed E-state index contributed by atoms with van der Waals surface area (Å²) >= 11 is 28.1. The molecule has 35 nitrogen and oxygen atoms in total. The Morgan fingerprint density at radius 3 is 1.09 bits per heavy atom. The monoisotopic (exact) mass is 1590 g/mol. The van der Waals surface area contributed by atoms with Crippen molar-refractivity contribution in [2.45, 2.75) is 184 Å². The fourth-order valence-corrected chi connectivity index (χ4v) is 21.2. The van der Waals surface area contributed by atoms with Crippen LogP contribution in [0.5, 0.6) is 0 Å². The molecule has 6 aliphatic carbocycles. The number of hydrogen-bond acceptors (Lipinski definition) is 15. The molecule has 0 radical (unpaired) electrons. The first kappa shape index (κ1) is 69.6. The van der Waals surface area contributed by atoms with Gasteiger partial charge in [-0.05, 0) is 103 Å². The first-order chi connectivity index (χ1) is 49.7. The van der Waals surface area contributed by atoms with Gasteiger partial charge in [0.25, 0.3) is 29.5 Å². The number of rotatable bonds is 3. The van der Waals surface area contributed by atoms with Crippen LogP contribution in [0.15, 0.2) is 59.2 Å². The summed E-state index contributed by atoms with van der Waals surface area (Å²) in [7, 11) is 4.72. The Balaban J connectivity index is 0.0000000969. The molecule has 21 rings (SSSR count). The van der Waals surface area contributed by atoms with E-state index in [1.54, 1.807) is 72.1 Å². The minimum atomic E-state index is -1.35. The predicted molar refractivity (Wildman–Crippen MR) is 371 cm³/mol. The Morgan fingerprint density at radius 2 is 0.695 bits per heavy atom. The molecule has 0 spiro atoms. The van der Waals surface area contributed by atoms with Crippen LogP contribution in [0.1, 0.15) is 153 Å². The Morgan fingerprint density at radius 1 is 0.390 bits per heavy atom. The van der Waals surface area contributed by atoms with Gasteiger partial charge in [-0.2, -0.15) is 0 Å². The zero-order valence-electron chi connectivity index (χ0n) is 56.5. The lowest BCUT2D eigenvalue weighted by atomic mass is 10.0. The van der Waals surface area contributed by atoms with Crippen LogP contribution in [0.25, 0.3) is 0 Å². The van der Waals surface area contributed by atoms with Crippen molar-refractivity contribution in [3.05, 3.63) is 114 Å². The minimum absolute atomic E-state index is 0.0173. The maximum Gasteiger partial charge on any atom is 0.320 e. The molecule has 15 amide bonds. The van der Waals surface area contributed by atoms with Gasteiger partial charge in [0.2, 0.25) is 0 Å². The maximum absolute atomic E-state index is 12.4. The zero-order valence-corrected chi connectivity index (χ0v) is 61.1. The average Bonchev–Trinajstić information content (AvgIpc) is 1.58. The molecule has 5 saturated heterocycles. The number of urea groups is 5. The number of likely N-dealkylation sites (N-methyl/N-ethyl adjacent to an activating group) is 5. The number of fused-ring (bicyclic) bond motifs is 25. The molecule has 5 aromatic rings. The van der Waals surface area contributed by atoms with Crippen LogP contribution in [-0.4, -0.2) is 256 Å². The van der Waals surface area contributed by atoms with Crippen molar-refractivity contribution in [2.75, 3.05) is 34.2 Å². The van der Waals surface area contributed by atoms with Gasteiger partial charge in [0.05, 0.1) is 70.0 Å². The molecule has 6 saturated carbocycles. The Kier molecular flexibility index (Phi) is 15.6. The molecule has 15 heterocycles. The van der Waals surface area contributed by atoms with E-state index in [0.29, 0.717) is 88.5 Å². The van der Waals surface area contributed by atoms with Gasteiger partial charge in [0.1, 0.15) is 74.1 Å². The van der Waals surface area contributed by atoms with Gasteiger partial charge in [-0.25, -0.2) is 24.0 Å². The van der Waals surface area contributed by atoms with Crippen LogP contribution in [0.4, 0.5) is 24.0 Å². The molecular weight excluding hydrogens is 1520 g/mol. The number of carbonyl (C=O) groups excluding carboxylic acids is 10. The standard InChI is InChI=1S/C15H18N4O3.C13H14Cl2N4O3.C13H15ClN4O3.C12H13BrN4O3.C12H13ClN4O3/c1-18-14(21)17-12-11-10(6-15(12,18)22)19-8(7-2-3-7)4-5-9(19)13(20)16-11;1-2-18-12(21)17-9-8-7(4-13(9,18)22)19-6(11(20)16-8)3-5(14)10(19)15;1-2-17-12(20)16-10-9-7(5-13(10,17)21)18-6(11(19)15-9)3-4-8(18)14;2*1-16-11(19)15-9-8-6(4-12(9,16)20)17-5(10(18)14-8)2-3-7(17)13/h4-5,7,10-12,22H,2-3,6H2,1H3,(H,16,20)(H,17,21);3,7-9,22H,2,4H2,1H3,(H,16,20)(H,17,21);3-4,7,9-10,21H,2,5H2,1H3,(H,15,19)(H,16,20);2*2-3,6,8-9,20H,4H2,1H3,(H,14,18)(H,15,19)/t10-,11-,12+,15+;7-,8-,9+,13+;7-,9-,10+,13+;2*6-,8-,9+,12+/m11111/s1. The number of aliphatic hydroxyl groups is 5. The van der Waals surface area contributed by atoms with Crippen LogP contribution in [-0.2, 0) is 0 Å². The number of aromatic nitrogens is 5. The second-order valence-corrected chi connectivity index (χ2v) is 32.0. The van der Waals surface area contributed by atoms with E-state index in [0.717, 1.165) is 17.4 Å². The molecule has 5 aromatic heterocycles. The summed E-state index contributed by atoms with van der Waals surface area (Å²) in [6.07, 6.45) is 4.04. The number of nitrogens with one attached hydrogen (secondary N) is 10. The van der Waals surface area contributed by atoms with Crippen molar-refractivity contribution in [1.82, 2.24) is 101 Å². The summed E-state index contributed by atoms with van der Waals surface area (Å²) in [5.41, 5.74) is -2.72. The number of carbonyl (C=O) groups is 10. The molecule has 10 aliphatic heterocycles. The summed E-state index contributed by atoms with van der Waals surface area (Å²) in [5.74, 6) is -0.583. The van der Waals surface area contributed by atoms with E-state index in [9.17, 15) is 73.5 Å². The summed E-state index contributed by atoms with van der Waals surface area (Å²) in [5, 5.41) is 84.4. The number of amides is 15. The minimum Gasteiger partial charge on any atom is -0.368 e. The summed E-state index contributed by atoms with van der Waals surface area (Å²) in [6.45, 7) is 4.39. The molecule has 105 heavy (non-hydrogen) atoms. The summed E-state index contributed by atoms with van der Waals surface area (Å²) in [4.78, 5) is 127. The third kappa shape index (κ3) is 9.57. The largest absolute Gasteiger partial charge is 0.368 e. The van der Waals surface area contributed by atoms with Gasteiger partial charge in [-0.3, -0.25) is 48.5 Å². The van der Waals surface area contributed by atoms with Gasteiger partial charge in [0.15, 0.2) is 28.6 Å². The molecule has 0 bridgehead atoms. The first-order valence-electron chi connectivity index (χ1n) is 34.6. The fourth-order valence-electron chi connectivity index (χ4n) is 19.6. The second-order valence-electron chi connectivity index (χ2n) is 29.6. The van der Waals surface area contributed by atoms with Gasteiger partial charge >= 0.3 is 30.2 Å². The molecule has 0 unspecified atom stereocenters. The van der Waals surface area contributed by atoms with E-state index in [1.165, 1.54) is 36.3 Å². The van der Waals surface area contributed by atoms with E-state index in [-0.39, 0.29) is 126 Å². The molecule has 11 fully saturated rings. The molecule has 558 valence electrons. The second kappa shape index (κ2) is 23.5. The smallest absolute Gasteiger partial charge is 0.320 e. The summed E-state index contributed by atoms with van der Waals surface area (Å²) in [6, 6.07) is 8.93. The van der Waals surface area contributed by atoms with E-state index in [4.69, 9.17) is 46.4 Å². The Labute approximate surface area is 624 Å². The van der Waals surface area contributed by atoms with Crippen molar-refractivity contribution < 1.29 is 73.5 Å². The Hall–Kier alpha value is -8.46. The van der Waals surface area contributed by atoms with E-state index in [1.807, 2.05) is 29.7 Å². The van der Waals surface area contributed by atoms with Crippen LogP contribution in [0.3, 0.4) is 0 Å². The number of hydrogen-bond donors (Lipinski definition) is 15. The SMILES string of the molecule is CCN1C(=O)N[C@H]2[C@@H]3NC(=O)c4cc(Cl)c(Cl)n4[C@@H]3C[C@]21O.CCN1C(=O)N[C@H]2[C@@H]3NC(=O)c4ccc(Cl)n4[C@@H]3C[C@]21O.CN1C(=O)N[C@H]2[C@@H]3NC(=O)c4ccc(Br)n4[C@@H]3C[C@]21O.CN1C(=O)N[C@H]2[C@@H]3NC(=O)c4ccc(C5CC5)n4[C@@H]3C[C@]21O.CN1C(=O)N[C@H]2[C@@H]3NC(=O)c4ccc(Cl)n4[C@@H]3C[C@]21O. The predicted octanol–water partition coefficient (Wildman–Crippen LogP) is 1.32. The number of nitrogens with zero attached hydrogens (tertiary/aromatic N) is 10. The third-order valence-electron chi connectivity index (χ3n) is 24.8. The Bertz CT molecular complexity index is 4590. The lowest BCUT2D eigenvalue weighted by Gasteiger charge is -2.33. The average molecular weight is 1600 g/mol. The molecule has 0 aromatic carbocycles. The van der Waals surface area contributed by atoms with Crippen molar-refractivity contribution in [2.24, 2.45) is 0 Å². The van der Waals surface area contributed by atoms with Gasteiger partial charge < -0.3 is 102 Å². The quantitative estimate of drug-likeness (QED) is 0.121. The molecule has 40 heteroatoms. The molecule has 16 aliphatic rings. The van der Waals surface area contributed by atoms with Crippen LogP contribution < -0.4 is 53.2 Å². The molecule has 20 atom stereocenters. The van der Waals surface area contributed by atoms with Gasteiger partial charge in [-0.15, -0.1) is 0 Å². The van der Waals surface area contributed by atoms with Crippen LogP contribution in [0, 0.1) is 0 Å². The van der Waals surface area contributed by atoms with Crippen LogP contribution in [0.2, 0.25) is 20.5 Å². The third-order valence-corrected chi connectivity index (χ3v) is 26.8.